The van der Waals surface area contributed by atoms with Gasteiger partial charge in [0.15, 0.2) is 0 Å². The first kappa shape index (κ1) is 13.6. The molecule has 2 rings (SSSR count). The van der Waals surface area contributed by atoms with E-state index in [1.165, 1.54) is 0 Å². The fourth-order valence-electron chi connectivity index (χ4n) is 2.90. The van der Waals surface area contributed by atoms with Gasteiger partial charge in [-0.2, -0.15) is 13.2 Å². The minimum atomic E-state index is -4.75. The first-order valence-corrected chi connectivity index (χ1v) is 6.53. The van der Waals surface area contributed by atoms with Crippen LogP contribution < -0.4 is 10.6 Å². The molecule has 0 spiro atoms. The first-order valence-electron chi connectivity index (χ1n) is 6.53. The molecule has 104 valence electrons. The third-order valence-electron chi connectivity index (χ3n) is 3.95. The molecule has 2 N–H and O–H groups in total. The van der Waals surface area contributed by atoms with Crippen molar-refractivity contribution in [3.05, 3.63) is 0 Å². The number of rotatable bonds is 3. The second-order valence-electron chi connectivity index (χ2n) is 5.43. The van der Waals surface area contributed by atoms with E-state index in [9.17, 15) is 18.0 Å². The standard InChI is InChI=1S/C12H19F3N2O/c13-12(14,15)11(18)17-10-6-9(7-10)5-8-1-3-16-4-2-8/h8-10,16H,1-7H2,(H,17,18). The van der Waals surface area contributed by atoms with Crippen molar-refractivity contribution in [2.45, 2.75) is 44.3 Å². The highest BCUT2D eigenvalue weighted by molar-refractivity contribution is 5.82. The van der Waals surface area contributed by atoms with Gasteiger partial charge in [0.1, 0.15) is 0 Å². The molecule has 0 aromatic heterocycles. The van der Waals surface area contributed by atoms with Gasteiger partial charge in [0.05, 0.1) is 0 Å². The lowest BCUT2D eigenvalue weighted by atomic mass is 9.73. The highest BCUT2D eigenvalue weighted by Crippen LogP contribution is 2.35. The third-order valence-corrected chi connectivity index (χ3v) is 3.95. The van der Waals surface area contributed by atoms with Crippen LogP contribution in [0.15, 0.2) is 0 Å². The Morgan fingerprint density at radius 3 is 2.33 bits per heavy atom. The number of halogens is 3. The Hall–Kier alpha value is -0.780. The molecule has 1 aliphatic carbocycles. The van der Waals surface area contributed by atoms with Crippen LogP contribution in [0.3, 0.4) is 0 Å². The summed E-state index contributed by atoms with van der Waals surface area (Å²) < 4.78 is 36.1. The van der Waals surface area contributed by atoms with E-state index >= 15 is 0 Å². The van der Waals surface area contributed by atoms with E-state index in [-0.39, 0.29) is 6.04 Å². The number of hydrogen-bond donors (Lipinski definition) is 2. The lowest BCUT2D eigenvalue weighted by Crippen LogP contribution is -2.49. The van der Waals surface area contributed by atoms with Crippen molar-refractivity contribution in [2.75, 3.05) is 13.1 Å². The van der Waals surface area contributed by atoms with Crippen LogP contribution in [-0.4, -0.2) is 31.2 Å². The summed E-state index contributed by atoms with van der Waals surface area (Å²) in [5, 5.41) is 5.34. The summed E-state index contributed by atoms with van der Waals surface area (Å²) in [4.78, 5) is 10.7. The summed E-state index contributed by atoms with van der Waals surface area (Å²) in [6, 6.07) is -0.272. The van der Waals surface area contributed by atoms with Crippen molar-refractivity contribution in [3.63, 3.8) is 0 Å². The zero-order valence-electron chi connectivity index (χ0n) is 10.2. The summed E-state index contributed by atoms with van der Waals surface area (Å²) in [5.74, 6) is -0.602. The zero-order valence-corrected chi connectivity index (χ0v) is 10.2. The van der Waals surface area contributed by atoms with Gasteiger partial charge >= 0.3 is 12.1 Å². The summed E-state index contributed by atoms with van der Waals surface area (Å²) in [6.07, 6.45) is 0.0733. The molecule has 2 aliphatic rings. The van der Waals surface area contributed by atoms with E-state index in [2.05, 4.69) is 5.32 Å². The summed E-state index contributed by atoms with van der Waals surface area (Å²) in [5.41, 5.74) is 0. The van der Waals surface area contributed by atoms with Crippen LogP contribution in [0.25, 0.3) is 0 Å². The Kier molecular flexibility index (Phi) is 4.14. The van der Waals surface area contributed by atoms with Crippen LogP contribution in [0.4, 0.5) is 13.2 Å². The number of piperidine rings is 1. The smallest absolute Gasteiger partial charge is 0.346 e. The van der Waals surface area contributed by atoms with E-state index in [1.807, 2.05) is 5.32 Å². The molecule has 1 saturated carbocycles. The third kappa shape index (κ3) is 3.60. The second-order valence-corrected chi connectivity index (χ2v) is 5.43. The van der Waals surface area contributed by atoms with E-state index in [4.69, 9.17) is 0 Å². The average molecular weight is 264 g/mol. The van der Waals surface area contributed by atoms with Gasteiger partial charge in [-0.25, -0.2) is 0 Å². The summed E-state index contributed by atoms with van der Waals surface area (Å²) in [7, 11) is 0. The molecule has 2 fully saturated rings. The van der Waals surface area contributed by atoms with Crippen molar-refractivity contribution in [1.82, 2.24) is 10.6 Å². The van der Waals surface area contributed by atoms with Gasteiger partial charge in [-0.15, -0.1) is 0 Å². The molecule has 1 aliphatic heterocycles. The Morgan fingerprint density at radius 1 is 1.17 bits per heavy atom. The maximum Gasteiger partial charge on any atom is 0.471 e. The molecule has 0 aromatic carbocycles. The van der Waals surface area contributed by atoms with Gasteiger partial charge in [-0.3, -0.25) is 4.79 Å². The number of carbonyl (C=O) groups excluding carboxylic acids is 1. The molecular weight excluding hydrogens is 245 g/mol. The second kappa shape index (κ2) is 5.47. The van der Waals surface area contributed by atoms with Crippen LogP contribution in [0.5, 0.6) is 0 Å². The van der Waals surface area contributed by atoms with Crippen molar-refractivity contribution >= 4 is 5.91 Å². The molecule has 1 saturated heterocycles. The Morgan fingerprint density at radius 2 is 1.78 bits per heavy atom. The van der Waals surface area contributed by atoms with Crippen LogP contribution in [-0.2, 0) is 4.79 Å². The fourth-order valence-corrected chi connectivity index (χ4v) is 2.90. The minimum Gasteiger partial charge on any atom is -0.346 e. The Labute approximate surface area is 104 Å². The molecule has 6 heteroatoms. The van der Waals surface area contributed by atoms with Crippen molar-refractivity contribution in [2.24, 2.45) is 11.8 Å². The van der Waals surface area contributed by atoms with E-state index in [0.717, 1.165) is 32.4 Å². The van der Waals surface area contributed by atoms with Crippen molar-refractivity contribution in [1.29, 1.82) is 0 Å². The Balaban J connectivity index is 1.63. The van der Waals surface area contributed by atoms with Crippen LogP contribution >= 0.6 is 0 Å². The van der Waals surface area contributed by atoms with E-state index in [1.54, 1.807) is 0 Å². The van der Waals surface area contributed by atoms with Crippen LogP contribution in [0.2, 0.25) is 0 Å². The number of carbonyl (C=O) groups is 1. The average Bonchev–Trinajstić information content (AvgIpc) is 2.26. The molecule has 18 heavy (non-hydrogen) atoms. The van der Waals surface area contributed by atoms with Crippen molar-refractivity contribution in [3.8, 4) is 0 Å². The molecule has 3 nitrogen and oxygen atoms in total. The van der Waals surface area contributed by atoms with Gasteiger partial charge in [0, 0.05) is 6.04 Å². The monoisotopic (exact) mass is 264 g/mol. The van der Waals surface area contributed by atoms with E-state index in [0.29, 0.717) is 24.7 Å². The molecule has 0 unspecified atom stereocenters. The largest absolute Gasteiger partial charge is 0.471 e. The van der Waals surface area contributed by atoms with Gasteiger partial charge in [-0.1, -0.05) is 0 Å². The zero-order chi connectivity index (χ0) is 13.2. The molecule has 0 aromatic rings. The quantitative estimate of drug-likeness (QED) is 0.816. The van der Waals surface area contributed by atoms with Gasteiger partial charge in [-0.05, 0) is 57.0 Å². The predicted molar refractivity (Wildman–Crippen MR) is 60.9 cm³/mol. The topological polar surface area (TPSA) is 41.1 Å². The number of amides is 1. The minimum absolute atomic E-state index is 0.272. The van der Waals surface area contributed by atoms with Crippen LogP contribution in [0.1, 0.15) is 32.1 Å². The number of nitrogens with one attached hydrogen (secondary N) is 2. The van der Waals surface area contributed by atoms with Gasteiger partial charge in [0.25, 0.3) is 0 Å². The van der Waals surface area contributed by atoms with Gasteiger partial charge < -0.3 is 10.6 Å². The SMILES string of the molecule is O=C(NC1CC(CC2CCNCC2)C1)C(F)(F)F. The molecular formula is C12H19F3N2O. The van der Waals surface area contributed by atoms with Crippen molar-refractivity contribution < 1.29 is 18.0 Å². The normalized spacial score (nSPS) is 29.7. The lowest BCUT2D eigenvalue weighted by Gasteiger charge is -2.38. The first-order chi connectivity index (χ1) is 8.45. The molecule has 1 heterocycles. The highest BCUT2D eigenvalue weighted by Gasteiger charge is 2.42. The molecule has 1 amide bonds. The maximum absolute atomic E-state index is 12.0. The van der Waals surface area contributed by atoms with E-state index < -0.39 is 12.1 Å². The number of hydrogen-bond acceptors (Lipinski definition) is 2. The lowest BCUT2D eigenvalue weighted by molar-refractivity contribution is -0.175. The van der Waals surface area contributed by atoms with Crippen LogP contribution in [0, 0.1) is 11.8 Å². The number of alkyl halides is 3. The highest BCUT2D eigenvalue weighted by atomic mass is 19.4. The maximum atomic E-state index is 12.0. The summed E-state index contributed by atoms with van der Waals surface area (Å²) in [6.45, 7) is 2.09. The fraction of sp³-hybridized carbons (Fsp3) is 0.917. The Bertz CT molecular complexity index is 294. The molecule has 0 bridgehead atoms. The predicted octanol–water partition coefficient (Wildman–Crippen LogP) is 1.83. The molecule has 0 radical (unpaired) electrons. The van der Waals surface area contributed by atoms with Gasteiger partial charge in [0.2, 0.25) is 0 Å². The molecule has 0 atom stereocenters. The summed E-state index contributed by atoms with van der Waals surface area (Å²) >= 11 is 0.